The van der Waals surface area contributed by atoms with Gasteiger partial charge in [0.15, 0.2) is 0 Å². The molecule has 14 heavy (non-hydrogen) atoms. The van der Waals surface area contributed by atoms with Gasteiger partial charge in [0.25, 0.3) is 0 Å². The zero-order chi connectivity index (χ0) is 10.4. The molecule has 4 heteroatoms. The molecule has 0 fully saturated rings. The van der Waals surface area contributed by atoms with Crippen LogP contribution in [0.15, 0.2) is 18.3 Å². The Kier molecular flexibility index (Phi) is 4.76. The van der Waals surface area contributed by atoms with Crippen LogP contribution in [0.1, 0.15) is 5.56 Å². The lowest BCUT2D eigenvalue weighted by Gasteiger charge is -2.19. The summed E-state index contributed by atoms with van der Waals surface area (Å²) >= 11 is 1.81. The van der Waals surface area contributed by atoms with Crippen molar-refractivity contribution < 1.29 is 5.11 Å². The summed E-state index contributed by atoms with van der Waals surface area (Å²) in [5, 5.41) is 9.12. The molecule has 1 aromatic rings. The maximum Gasteiger partial charge on any atom is 0.133 e. The highest BCUT2D eigenvalue weighted by Gasteiger charge is 2.06. The molecule has 0 bridgehead atoms. The first-order valence-electron chi connectivity index (χ1n) is 4.54. The molecule has 0 unspecified atom stereocenters. The topological polar surface area (TPSA) is 36.4 Å². The summed E-state index contributed by atoms with van der Waals surface area (Å²) in [4.78, 5) is 6.33. The van der Waals surface area contributed by atoms with Crippen molar-refractivity contribution in [1.29, 1.82) is 0 Å². The molecule has 0 aliphatic heterocycles. The third kappa shape index (κ3) is 2.89. The van der Waals surface area contributed by atoms with E-state index in [-0.39, 0.29) is 6.61 Å². The highest BCUT2D eigenvalue weighted by atomic mass is 32.2. The largest absolute Gasteiger partial charge is 0.392 e. The molecule has 0 saturated heterocycles. The molecule has 0 atom stereocenters. The molecule has 0 radical (unpaired) electrons. The monoisotopic (exact) mass is 212 g/mol. The second-order valence-electron chi connectivity index (χ2n) is 3.06. The van der Waals surface area contributed by atoms with Crippen LogP contribution < -0.4 is 4.90 Å². The van der Waals surface area contributed by atoms with Crippen molar-refractivity contribution in [3.05, 3.63) is 23.9 Å². The number of aliphatic hydroxyl groups is 1. The summed E-state index contributed by atoms with van der Waals surface area (Å²) in [5.41, 5.74) is 0.885. The Balaban J connectivity index is 2.72. The minimum atomic E-state index is 0.0484. The van der Waals surface area contributed by atoms with Crippen molar-refractivity contribution in [3.8, 4) is 0 Å². The second-order valence-corrected chi connectivity index (χ2v) is 4.04. The molecule has 0 amide bonds. The van der Waals surface area contributed by atoms with Crippen LogP contribution >= 0.6 is 11.8 Å². The maximum atomic E-state index is 9.12. The summed E-state index contributed by atoms with van der Waals surface area (Å²) in [6, 6.07) is 3.75. The number of rotatable bonds is 5. The number of anilines is 1. The smallest absolute Gasteiger partial charge is 0.133 e. The zero-order valence-electron chi connectivity index (χ0n) is 8.60. The second kappa shape index (κ2) is 5.88. The van der Waals surface area contributed by atoms with Gasteiger partial charge in [0.1, 0.15) is 5.82 Å². The molecule has 1 aromatic heterocycles. The number of hydrogen-bond acceptors (Lipinski definition) is 4. The van der Waals surface area contributed by atoms with Gasteiger partial charge in [-0.05, 0) is 12.3 Å². The Bertz CT molecular complexity index is 281. The molecule has 0 aliphatic carbocycles. The van der Waals surface area contributed by atoms with Crippen molar-refractivity contribution in [2.24, 2.45) is 0 Å². The molecule has 1 N–H and O–H groups in total. The van der Waals surface area contributed by atoms with Gasteiger partial charge in [0.2, 0.25) is 0 Å². The fourth-order valence-corrected chi connectivity index (χ4v) is 1.69. The SMILES string of the molecule is CSCCN(C)c1ncccc1CO. The maximum absolute atomic E-state index is 9.12. The number of aliphatic hydroxyl groups excluding tert-OH is 1. The number of pyridine rings is 1. The third-order valence-corrected chi connectivity index (χ3v) is 2.62. The van der Waals surface area contributed by atoms with Crippen LogP contribution in [0, 0.1) is 0 Å². The molecule has 1 rings (SSSR count). The summed E-state index contributed by atoms with van der Waals surface area (Å²) < 4.78 is 0. The Morgan fingerprint density at radius 1 is 1.57 bits per heavy atom. The van der Waals surface area contributed by atoms with Crippen molar-refractivity contribution in [1.82, 2.24) is 4.98 Å². The summed E-state index contributed by atoms with van der Waals surface area (Å²) in [6.45, 7) is 0.998. The lowest BCUT2D eigenvalue weighted by molar-refractivity contribution is 0.281. The van der Waals surface area contributed by atoms with Crippen LogP contribution in [-0.2, 0) is 6.61 Å². The van der Waals surface area contributed by atoms with E-state index >= 15 is 0 Å². The average molecular weight is 212 g/mol. The Morgan fingerprint density at radius 3 is 3.00 bits per heavy atom. The Morgan fingerprint density at radius 2 is 2.36 bits per heavy atom. The fourth-order valence-electron chi connectivity index (χ4n) is 1.23. The van der Waals surface area contributed by atoms with Crippen LogP contribution in [0.25, 0.3) is 0 Å². The van der Waals surface area contributed by atoms with E-state index in [1.807, 2.05) is 19.2 Å². The Labute approximate surface area is 89.2 Å². The van der Waals surface area contributed by atoms with Crippen LogP contribution in [0.2, 0.25) is 0 Å². The normalized spacial score (nSPS) is 10.2. The van der Waals surface area contributed by atoms with E-state index < -0.39 is 0 Å². The first kappa shape index (κ1) is 11.3. The predicted octanol–water partition coefficient (Wildman–Crippen LogP) is 1.37. The quantitative estimate of drug-likeness (QED) is 0.800. The van der Waals surface area contributed by atoms with Gasteiger partial charge in [-0.1, -0.05) is 6.07 Å². The van der Waals surface area contributed by atoms with Gasteiger partial charge in [-0.15, -0.1) is 0 Å². The van der Waals surface area contributed by atoms with Crippen LogP contribution in [0.4, 0.5) is 5.82 Å². The van der Waals surface area contributed by atoms with E-state index in [0.29, 0.717) is 0 Å². The lowest BCUT2D eigenvalue weighted by atomic mass is 10.2. The van der Waals surface area contributed by atoms with Gasteiger partial charge in [-0.3, -0.25) is 0 Å². The number of aromatic nitrogens is 1. The van der Waals surface area contributed by atoms with Gasteiger partial charge in [-0.2, -0.15) is 11.8 Å². The van der Waals surface area contributed by atoms with Crippen LogP contribution in [0.3, 0.4) is 0 Å². The molecule has 1 heterocycles. The van der Waals surface area contributed by atoms with E-state index in [9.17, 15) is 0 Å². The van der Waals surface area contributed by atoms with E-state index in [4.69, 9.17) is 5.11 Å². The van der Waals surface area contributed by atoms with Crippen molar-refractivity contribution in [3.63, 3.8) is 0 Å². The number of hydrogen-bond donors (Lipinski definition) is 1. The average Bonchev–Trinajstić information content (AvgIpc) is 2.25. The molecular weight excluding hydrogens is 196 g/mol. The number of nitrogens with zero attached hydrogens (tertiary/aromatic N) is 2. The van der Waals surface area contributed by atoms with Gasteiger partial charge in [0.05, 0.1) is 6.61 Å². The van der Waals surface area contributed by atoms with Crippen molar-refractivity contribution >= 4 is 17.6 Å². The molecule has 0 saturated carbocycles. The number of thioether (sulfide) groups is 1. The predicted molar refractivity (Wildman–Crippen MR) is 61.8 cm³/mol. The van der Waals surface area contributed by atoms with E-state index in [1.54, 1.807) is 18.0 Å². The standard InChI is InChI=1S/C10H16N2OS/c1-12(6-7-14-2)10-9(8-13)4-3-5-11-10/h3-5,13H,6-8H2,1-2H3. The lowest BCUT2D eigenvalue weighted by Crippen LogP contribution is -2.22. The van der Waals surface area contributed by atoms with Gasteiger partial charge in [-0.25, -0.2) is 4.98 Å². The highest BCUT2D eigenvalue weighted by Crippen LogP contribution is 2.15. The summed E-state index contributed by atoms with van der Waals surface area (Å²) in [5.74, 6) is 1.95. The molecule has 78 valence electrons. The molecule has 0 spiro atoms. The van der Waals surface area contributed by atoms with Gasteiger partial charge >= 0.3 is 0 Å². The van der Waals surface area contributed by atoms with E-state index in [1.165, 1.54) is 0 Å². The summed E-state index contributed by atoms with van der Waals surface area (Å²) in [6.07, 6.45) is 3.84. The van der Waals surface area contributed by atoms with Gasteiger partial charge < -0.3 is 10.0 Å². The van der Waals surface area contributed by atoms with Crippen LogP contribution in [-0.4, -0.2) is 35.7 Å². The van der Waals surface area contributed by atoms with Crippen LogP contribution in [0.5, 0.6) is 0 Å². The van der Waals surface area contributed by atoms with E-state index in [2.05, 4.69) is 16.1 Å². The first-order chi connectivity index (χ1) is 6.79. The van der Waals surface area contributed by atoms with Gasteiger partial charge in [0, 0.05) is 31.1 Å². The molecule has 0 aliphatic rings. The summed E-state index contributed by atoms with van der Waals surface area (Å²) in [7, 11) is 2.00. The Hall–Kier alpha value is -0.740. The molecule has 0 aromatic carbocycles. The van der Waals surface area contributed by atoms with E-state index in [0.717, 1.165) is 23.7 Å². The highest BCUT2D eigenvalue weighted by molar-refractivity contribution is 7.98. The van der Waals surface area contributed by atoms with Crippen molar-refractivity contribution in [2.45, 2.75) is 6.61 Å². The molecule has 3 nitrogen and oxygen atoms in total. The third-order valence-electron chi connectivity index (χ3n) is 2.03. The zero-order valence-corrected chi connectivity index (χ0v) is 9.42. The first-order valence-corrected chi connectivity index (χ1v) is 5.93. The fraction of sp³-hybridized carbons (Fsp3) is 0.500. The minimum Gasteiger partial charge on any atom is -0.392 e. The van der Waals surface area contributed by atoms with Crippen molar-refractivity contribution in [2.75, 3.05) is 30.5 Å². The molecular formula is C10H16N2OS. The minimum absolute atomic E-state index is 0.0484.